The van der Waals surface area contributed by atoms with E-state index in [1.807, 2.05) is 30.1 Å². The molecule has 2 aromatic rings. The minimum atomic E-state index is 0.146. The van der Waals surface area contributed by atoms with Crippen molar-refractivity contribution in [1.29, 1.82) is 0 Å². The average Bonchev–Trinajstić information content (AvgIpc) is 2.84. The van der Waals surface area contributed by atoms with Gasteiger partial charge in [-0.3, -0.25) is 9.67 Å². The Morgan fingerprint density at radius 3 is 2.83 bits per heavy atom. The molecule has 0 bridgehead atoms. The van der Waals surface area contributed by atoms with Crippen LogP contribution in [0, 0.1) is 0 Å². The molecule has 96 valence electrons. The van der Waals surface area contributed by atoms with E-state index >= 15 is 0 Å². The average molecular weight is 310 g/mol. The molecule has 1 atom stereocenters. The molecule has 0 spiro atoms. The van der Waals surface area contributed by atoms with E-state index in [1.165, 1.54) is 0 Å². The van der Waals surface area contributed by atoms with Crippen molar-refractivity contribution in [1.82, 2.24) is 25.1 Å². The second kappa shape index (κ2) is 6.06. The summed E-state index contributed by atoms with van der Waals surface area (Å²) in [5.74, 6) is 0.974. The maximum Gasteiger partial charge on any atom is 0.138 e. The molecular weight excluding hydrogens is 294 g/mol. The third-order valence-corrected chi connectivity index (χ3v) is 3.31. The van der Waals surface area contributed by atoms with Gasteiger partial charge in [0.05, 0.1) is 11.7 Å². The fourth-order valence-corrected chi connectivity index (χ4v) is 2.08. The highest BCUT2D eigenvalue weighted by atomic mass is 79.9. The molecule has 0 aliphatic rings. The van der Waals surface area contributed by atoms with Crippen molar-refractivity contribution in [2.75, 3.05) is 7.05 Å². The van der Waals surface area contributed by atoms with Crippen molar-refractivity contribution in [3.8, 4) is 0 Å². The summed E-state index contributed by atoms with van der Waals surface area (Å²) in [7, 11) is 1.93. The molecule has 0 aromatic carbocycles. The summed E-state index contributed by atoms with van der Waals surface area (Å²) >= 11 is 3.39. The van der Waals surface area contributed by atoms with Crippen LogP contribution in [0.3, 0.4) is 0 Å². The summed E-state index contributed by atoms with van der Waals surface area (Å²) in [6.45, 7) is 2.89. The van der Waals surface area contributed by atoms with Crippen LogP contribution in [0.1, 0.15) is 24.5 Å². The molecule has 1 N–H and O–H groups in total. The maximum atomic E-state index is 4.42. The van der Waals surface area contributed by atoms with E-state index in [9.17, 15) is 0 Å². The smallest absolute Gasteiger partial charge is 0.138 e. The minimum Gasteiger partial charge on any atom is -0.311 e. The van der Waals surface area contributed by atoms with Crippen molar-refractivity contribution in [2.24, 2.45) is 0 Å². The number of halogens is 1. The predicted molar refractivity (Wildman–Crippen MR) is 73.1 cm³/mol. The Morgan fingerprint density at radius 1 is 1.39 bits per heavy atom. The fourth-order valence-electron chi connectivity index (χ4n) is 1.84. The lowest BCUT2D eigenvalue weighted by Gasteiger charge is -2.15. The van der Waals surface area contributed by atoms with Gasteiger partial charge in [-0.25, -0.2) is 4.98 Å². The molecule has 0 aliphatic carbocycles. The van der Waals surface area contributed by atoms with Gasteiger partial charge in [-0.15, -0.1) is 0 Å². The highest BCUT2D eigenvalue weighted by Crippen LogP contribution is 2.17. The van der Waals surface area contributed by atoms with Gasteiger partial charge in [0.2, 0.25) is 0 Å². The quantitative estimate of drug-likeness (QED) is 0.917. The SMILES string of the molecule is CCn1ncnc1CC(NC)c1ccc(Br)cn1. The summed E-state index contributed by atoms with van der Waals surface area (Å²) < 4.78 is 2.89. The van der Waals surface area contributed by atoms with Gasteiger partial charge in [-0.1, -0.05) is 0 Å². The first kappa shape index (κ1) is 13.2. The molecule has 2 heterocycles. The van der Waals surface area contributed by atoms with Gasteiger partial charge >= 0.3 is 0 Å². The first-order valence-corrected chi connectivity index (χ1v) is 6.69. The summed E-state index contributed by atoms with van der Waals surface area (Å²) in [5.41, 5.74) is 1.01. The van der Waals surface area contributed by atoms with Gasteiger partial charge in [0.25, 0.3) is 0 Å². The second-order valence-corrected chi connectivity index (χ2v) is 4.85. The fraction of sp³-hybridized carbons (Fsp3) is 0.417. The van der Waals surface area contributed by atoms with Gasteiger partial charge in [-0.2, -0.15) is 5.10 Å². The molecule has 0 saturated carbocycles. The first-order valence-electron chi connectivity index (χ1n) is 5.90. The largest absolute Gasteiger partial charge is 0.311 e. The van der Waals surface area contributed by atoms with E-state index in [1.54, 1.807) is 6.33 Å². The van der Waals surface area contributed by atoms with Gasteiger partial charge in [0.15, 0.2) is 0 Å². The Bertz CT molecular complexity index is 493. The van der Waals surface area contributed by atoms with Crippen molar-refractivity contribution in [3.05, 3.63) is 40.6 Å². The lowest BCUT2D eigenvalue weighted by molar-refractivity contribution is 0.524. The zero-order valence-electron chi connectivity index (χ0n) is 10.5. The number of likely N-dealkylation sites (N-methyl/N-ethyl adjacent to an activating group) is 1. The normalized spacial score (nSPS) is 12.6. The van der Waals surface area contributed by atoms with Crippen LogP contribution < -0.4 is 5.32 Å². The predicted octanol–water partition coefficient (Wildman–Crippen LogP) is 1.96. The van der Waals surface area contributed by atoms with Crippen molar-refractivity contribution in [3.63, 3.8) is 0 Å². The lowest BCUT2D eigenvalue weighted by atomic mass is 10.1. The molecule has 6 heteroatoms. The van der Waals surface area contributed by atoms with Gasteiger partial charge in [0, 0.05) is 23.6 Å². The number of aryl methyl sites for hydroxylation is 1. The molecule has 2 rings (SSSR count). The zero-order valence-corrected chi connectivity index (χ0v) is 12.1. The van der Waals surface area contributed by atoms with Gasteiger partial charge < -0.3 is 5.32 Å². The van der Waals surface area contributed by atoms with Crippen molar-refractivity contribution in [2.45, 2.75) is 25.9 Å². The first-order chi connectivity index (χ1) is 8.74. The summed E-state index contributed by atoms with van der Waals surface area (Å²) in [6.07, 6.45) is 4.18. The van der Waals surface area contributed by atoms with Crippen molar-refractivity contribution >= 4 is 15.9 Å². The summed E-state index contributed by atoms with van der Waals surface area (Å²) in [4.78, 5) is 8.71. The van der Waals surface area contributed by atoms with Gasteiger partial charge in [-0.05, 0) is 42.0 Å². The van der Waals surface area contributed by atoms with E-state index in [4.69, 9.17) is 0 Å². The molecule has 0 saturated heterocycles. The van der Waals surface area contributed by atoms with Crippen LogP contribution in [0.2, 0.25) is 0 Å². The monoisotopic (exact) mass is 309 g/mol. The zero-order chi connectivity index (χ0) is 13.0. The number of nitrogens with zero attached hydrogens (tertiary/aromatic N) is 4. The van der Waals surface area contributed by atoms with Crippen LogP contribution in [0.15, 0.2) is 29.1 Å². The number of rotatable bonds is 5. The van der Waals surface area contributed by atoms with Crippen LogP contribution in [0.25, 0.3) is 0 Å². The maximum absolute atomic E-state index is 4.42. The number of pyridine rings is 1. The number of hydrogen-bond donors (Lipinski definition) is 1. The summed E-state index contributed by atoms with van der Waals surface area (Å²) in [5, 5.41) is 7.45. The highest BCUT2D eigenvalue weighted by Gasteiger charge is 2.14. The topological polar surface area (TPSA) is 55.6 Å². The molecule has 1 unspecified atom stereocenters. The van der Waals surface area contributed by atoms with Crippen LogP contribution >= 0.6 is 15.9 Å². The Kier molecular flexibility index (Phi) is 4.43. The molecule has 2 aromatic heterocycles. The highest BCUT2D eigenvalue weighted by molar-refractivity contribution is 9.10. The Balaban J connectivity index is 2.17. The van der Waals surface area contributed by atoms with E-state index in [2.05, 4.69) is 43.2 Å². The lowest BCUT2D eigenvalue weighted by Crippen LogP contribution is -2.22. The number of aromatic nitrogens is 4. The summed E-state index contributed by atoms with van der Waals surface area (Å²) in [6, 6.07) is 4.15. The minimum absolute atomic E-state index is 0.146. The molecule has 0 fully saturated rings. The van der Waals surface area contributed by atoms with Crippen molar-refractivity contribution < 1.29 is 0 Å². The molecule has 0 radical (unpaired) electrons. The Morgan fingerprint density at radius 2 is 2.22 bits per heavy atom. The van der Waals surface area contributed by atoms with Crippen LogP contribution in [0.4, 0.5) is 0 Å². The van der Waals surface area contributed by atoms with Crippen LogP contribution in [0.5, 0.6) is 0 Å². The molecular formula is C12H16BrN5. The molecule has 0 aliphatic heterocycles. The third kappa shape index (κ3) is 2.94. The number of nitrogens with one attached hydrogen (secondary N) is 1. The Labute approximate surface area is 115 Å². The van der Waals surface area contributed by atoms with Crippen LogP contribution in [-0.2, 0) is 13.0 Å². The Hall–Kier alpha value is -1.27. The standard InChI is InChI=1S/C12H16BrN5/c1-3-18-12(16-8-17-18)6-11(14-2)10-5-4-9(13)7-15-10/h4-5,7-8,11,14H,3,6H2,1-2H3. The second-order valence-electron chi connectivity index (χ2n) is 3.94. The molecule has 18 heavy (non-hydrogen) atoms. The molecule has 5 nitrogen and oxygen atoms in total. The van der Waals surface area contributed by atoms with E-state index < -0.39 is 0 Å². The molecule has 0 amide bonds. The van der Waals surface area contributed by atoms with E-state index in [0.29, 0.717) is 0 Å². The van der Waals surface area contributed by atoms with Gasteiger partial charge in [0.1, 0.15) is 12.2 Å². The van der Waals surface area contributed by atoms with E-state index in [0.717, 1.165) is 29.0 Å². The van der Waals surface area contributed by atoms with Crippen LogP contribution in [-0.4, -0.2) is 26.8 Å². The van der Waals surface area contributed by atoms with E-state index in [-0.39, 0.29) is 6.04 Å². The third-order valence-electron chi connectivity index (χ3n) is 2.84. The number of hydrogen-bond acceptors (Lipinski definition) is 4.